The third-order valence-corrected chi connectivity index (χ3v) is 6.28. The minimum Gasteiger partial charge on any atom is -0.352 e. The van der Waals surface area contributed by atoms with Gasteiger partial charge in [-0.05, 0) is 72.9 Å². The SMILES string of the molecule is O=C(CCN1C(=S)N[C@H](c2ccccn2)[C@H]1c1cccn1-c1ccncc1)Nc1ccc(F)cc1. The number of nitrogens with one attached hydrogen (secondary N) is 2. The van der Waals surface area contributed by atoms with E-state index in [2.05, 4.69) is 31.2 Å². The van der Waals surface area contributed by atoms with Gasteiger partial charge < -0.3 is 20.1 Å². The number of benzene rings is 1. The zero-order valence-electron chi connectivity index (χ0n) is 18.7. The van der Waals surface area contributed by atoms with Crippen molar-refractivity contribution in [1.82, 2.24) is 24.8 Å². The largest absolute Gasteiger partial charge is 0.352 e. The van der Waals surface area contributed by atoms with Crippen molar-refractivity contribution in [3.05, 3.63) is 109 Å². The van der Waals surface area contributed by atoms with Gasteiger partial charge in [0.2, 0.25) is 5.91 Å². The highest BCUT2D eigenvalue weighted by atomic mass is 32.1. The van der Waals surface area contributed by atoms with Gasteiger partial charge in [-0.3, -0.25) is 14.8 Å². The average molecular weight is 487 g/mol. The number of carbonyl (C=O) groups is 1. The first-order chi connectivity index (χ1) is 17.1. The summed E-state index contributed by atoms with van der Waals surface area (Å²) in [6, 6.07) is 19.1. The molecule has 2 N–H and O–H groups in total. The predicted octanol–water partition coefficient (Wildman–Crippen LogP) is 4.41. The Bertz CT molecular complexity index is 1310. The summed E-state index contributed by atoms with van der Waals surface area (Å²) in [4.78, 5) is 23.4. The van der Waals surface area contributed by atoms with Gasteiger partial charge in [-0.15, -0.1) is 0 Å². The Hall–Kier alpha value is -4.11. The molecule has 7 nitrogen and oxygen atoms in total. The summed E-state index contributed by atoms with van der Waals surface area (Å²) in [5.74, 6) is -0.527. The third kappa shape index (κ3) is 4.90. The summed E-state index contributed by atoms with van der Waals surface area (Å²) in [6.45, 7) is 0.397. The number of carbonyl (C=O) groups excluding carboxylic acids is 1. The van der Waals surface area contributed by atoms with Crippen LogP contribution in [0.25, 0.3) is 5.69 Å². The van der Waals surface area contributed by atoms with E-state index in [4.69, 9.17) is 12.2 Å². The van der Waals surface area contributed by atoms with E-state index < -0.39 is 0 Å². The molecule has 1 saturated heterocycles. The minimum atomic E-state index is -0.350. The molecule has 5 rings (SSSR count). The number of thiocarbonyl (C=S) groups is 1. The number of nitrogens with zero attached hydrogens (tertiary/aromatic N) is 4. The molecule has 1 amide bonds. The highest BCUT2D eigenvalue weighted by molar-refractivity contribution is 7.80. The summed E-state index contributed by atoms with van der Waals surface area (Å²) < 4.78 is 15.3. The smallest absolute Gasteiger partial charge is 0.226 e. The van der Waals surface area contributed by atoms with Crippen molar-refractivity contribution < 1.29 is 9.18 Å². The molecule has 1 aromatic carbocycles. The van der Waals surface area contributed by atoms with E-state index in [9.17, 15) is 9.18 Å². The van der Waals surface area contributed by atoms with Crippen molar-refractivity contribution in [2.45, 2.75) is 18.5 Å². The van der Waals surface area contributed by atoms with Crippen molar-refractivity contribution in [2.75, 3.05) is 11.9 Å². The van der Waals surface area contributed by atoms with E-state index >= 15 is 0 Å². The molecule has 176 valence electrons. The molecule has 0 unspecified atom stereocenters. The normalized spacial score (nSPS) is 17.3. The van der Waals surface area contributed by atoms with Crippen LogP contribution in [0.4, 0.5) is 10.1 Å². The van der Waals surface area contributed by atoms with E-state index in [1.165, 1.54) is 24.3 Å². The van der Waals surface area contributed by atoms with Gasteiger partial charge in [0, 0.05) is 54.8 Å². The maximum absolute atomic E-state index is 13.2. The first-order valence-corrected chi connectivity index (χ1v) is 11.6. The Morgan fingerprint density at radius 2 is 1.83 bits per heavy atom. The second-order valence-electron chi connectivity index (χ2n) is 8.13. The van der Waals surface area contributed by atoms with Crippen LogP contribution < -0.4 is 10.6 Å². The lowest BCUT2D eigenvalue weighted by Gasteiger charge is -2.28. The molecule has 0 radical (unpaired) electrons. The molecule has 35 heavy (non-hydrogen) atoms. The van der Waals surface area contributed by atoms with E-state index in [0.29, 0.717) is 17.3 Å². The fourth-order valence-electron chi connectivity index (χ4n) is 4.32. The average Bonchev–Trinajstić information content (AvgIpc) is 3.49. The van der Waals surface area contributed by atoms with Crippen LogP contribution in [0.15, 0.2) is 91.5 Å². The van der Waals surface area contributed by atoms with Crippen LogP contribution in [-0.2, 0) is 4.79 Å². The van der Waals surface area contributed by atoms with Crippen LogP contribution in [0.1, 0.15) is 29.9 Å². The van der Waals surface area contributed by atoms with Crippen molar-refractivity contribution in [1.29, 1.82) is 0 Å². The molecule has 4 heterocycles. The van der Waals surface area contributed by atoms with Gasteiger partial charge in [-0.1, -0.05) is 6.07 Å². The van der Waals surface area contributed by atoms with E-state index in [-0.39, 0.29) is 30.2 Å². The summed E-state index contributed by atoms with van der Waals surface area (Å²) >= 11 is 5.72. The number of aromatic nitrogens is 3. The third-order valence-electron chi connectivity index (χ3n) is 5.93. The first kappa shape index (κ1) is 22.7. The molecule has 9 heteroatoms. The zero-order chi connectivity index (χ0) is 24.2. The molecule has 0 bridgehead atoms. The molecule has 0 spiro atoms. The number of anilines is 1. The Labute approximate surface area is 207 Å². The van der Waals surface area contributed by atoms with Crippen LogP contribution >= 0.6 is 12.2 Å². The summed E-state index contributed by atoms with van der Waals surface area (Å²) in [6.07, 6.45) is 7.48. The minimum absolute atomic E-state index is 0.177. The Balaban J connectivity index is 1.42. The number of hydrogen-bond acceptors (Lipinski definition) is 4. The highest BCUT2D eigenvalue weighted by Gasteiger charge is 2.41. The van der Waals surface area contributed by atoms with Crippen molar-refractivity contribution >= 4 is 28.9 Å². The molecule has 3 aromatic heterocycles. The van der Waals surface area contributed by atoms with Crippen LogP contribution in [-0.4, -0.2) is 37.0 Å². The van der Waals surface area contributed by atoms with Gasteiger partial charge in [0.1, 0.15) is 5.82 Å². The van der Waals surface area contributed by atoms with Gasteiger partial charge in [0.25, 0.3) is 0 Å². The Kier molecular flexibility index (Phi) is 6.49. The molecule has 0 saturated carbocycles. The number of halogens is 1. The molecule has 1 fully saturated rings. The fraction of sp³-hybridized carbons (Fsp3) is 0.154. The number of hydrogen-bond donors (Lipinski definition) is 2. The molecular formula is C26H23FN6OS. The van der Waals surface area contributed by atoms with Gasteiger partial charge in [0.05, 0.1) is 17.8 Å². The monoisotopic (exact) mass is 486 g/mol. The predicted molar refractivity (Wildman–Crippen MR) is 135 cm³/mol. The van der Waals surface area contributed by atoms with E-state index in [1.54, 1.807) is 18.6 Å². The number of pyridine rings is 2. The van der Waals surface area contributed by atoms with Crippen molar-refractivity contribution in [2.24, 2.45) is 0 Å². The summed E-state index contributed by atoms with van der Waals surface area (Å²) in [7, 11) is 0. The van der Waals surface area contributed by atoms with Crippen molar-refractivity contribution in [3.63, 3.8) is 0 Å². The molecule has 1 aliphatic heterocycles. The van der Waals surface area contributed by atoms with Gasteiger partial charge in [0.15, 0.2) is 5.11 Å². The quantitative estimate of drug-likeness (QED) is 0.377. The second kappa shape index (κ2) is 10.0. The van der Waals surface area contributed by atoms with E-state index in [1.807, 2.05) is 47.5 Å². The lowest BCUT2D eigenvalue weighted by molar-refractivity contribution is -0.116. The van der Waals surface area contributed by atoms with Crippen LogP contribution in [0, 0.1) is 5.82 Å². The lowest BCUT2D eigenvalue weighted by atomic mass is 10.0. The maximum Gasteiger partial charge on any atom is 0.226 e. The molecule has 2 atom stereocenters. The van der Waals surface area contributed by atoms with E-state index in [0.717, 1.165) is 17.1 Å². The summed E-state index contributed by atoms with van der Waals surface area (Å²) in [5.41, 5.74) is 3.40. The van der Waals surface area contributed by atoms with Crippen LogP contribution in [0.5, 0.6) is 0 Å². The van der Waals surface area contributed by atoms with Gasteiger partial charge >= 0.3 is 0 Å². The molecule has 4 aromatic rings. The zero-order valence-corrected chi connectivity index (χ0v) is 19.5. The second-order valence-corrected chi connectivity index (χ2v) is 8.52. The van der Waals surface area contributed by atoms with Gasteiger partial charge in [-0.2, -0.15) is 0 Å². The standard InChI is InChI=1S/C26H23FN6OS/c27-18-6-8-19(9-7-18)30-23(34)12-17-33-25(24(31-26(33)35)21-4-1-2-13-29-21)22-5-3-16-32(22)20-10-14-28-15-11-20/h1-11,13-16,24-25H,12,17H2,(H,30,34)(H,31,35)/t24-,25-/m1/s1. The summed E-state index contributed by atoms with van der Waals surface area (Å²) in [5, 5.41) is 6.79. The fourth-order valence-corrected chi connectivity index (χ4v) is 4.65. The Morgan fingerprint density at radius 1 is 1.03 bits per heavy atom. The van der Waals surface area contributed by atoms with Crippen molar-refractivity contribution in [3.8, 4) is 5.69 Å². The van der Waals surface area contributed by atoms with Gasteiger partial charge in [-0.25, -0.2) is 4.39 Å². The Morgan fingerprint density at radius 3 is 2.57 bits per heavy atom. The molecule has 0 aliphatic carbocycles. The maximum atomic E-state index is 13.2. The highest BCUT2D eigenvalue weighted by Crippen LogP contribution is 2.39. The molecular weight excluding hydrogens is 463 g/mol. The first-order valence-electron chi connectivity index (χ1n) is 11.2. The number of rotatable bonds is 7. The number of amides is 1. The molecule has 1 aliphatic rings. The lowest BCUT2D eigenvalue weighted by Crippen LogP contribution is -2.33. The van der Waals surface area contributed by atoms with Crippen LogP contribution in [0.2, 0.25) is 0 Å². The topological polar surface area (TPSA) is 75.1 Å². The van der Waals surface area contributed by atoms with Crippen LogP contribution in [0.3, 0.4) is 0 Å².